The fourth-order valence-electron chi connectivity index (χ4n) is 1.73. The second-order valence-electron chi connectivity index (χ2n) is 3.78. The van der Waals surface area contributed by atoms with Gasteiger partial charge >= 0.3 is 5.82 Å². The number of aromatic nitrogens is 5. The van der Waals surface area contributed by atoms with E-state index in [9.17, 15) is 4.79 Å². The third-order valence-electron chi connectivity index (χ3n) is 2.53. The lowest BCUT2D eigenvalue weighted by atomic mass is 10.3. The molecule has 0 spiro atoms. The molecule has 0 unspecified atom stereocenters. The van der Waals surface area contributed by atoms with Gasteiger partial charge in [0, 0.05) is 11.8 Å². The van der Waals surface area contributed by atoms with E-state index in [2.05, 4.69) is 20.1 Å². The molecule has 0 fully saturated rings. The van der Waals surface area contributed by atoms with E-state index in [1.54, 1.807) is 16.9 Å². The van der Waals surface area contributed by atoms with Crippen molar-refractivity contribution in [1.29, 1.82) is 0 Å². The molecule has 3 heterocycles. The molecule has 0 saturated heterocycles. The van der Waals surface area contributed by atoms with Crippen LogP contribution in [0.15, 0.2) is 35.8 Å². The van der Waals surface area contributed by atoms with Gasteiger partial charge in [-0.2, -0.15) is 0 Å². The third-order valence-corrected chi connectivity index (χ3v) is 2.53. The Balaban J connectivity index is 2.38. The van der Waals surface area contributed by atoms with Gasteiger partial charge in [0.25, 0.3) is 5.56 Å². The lowest BCUT2D eigenvalue weighted by Gasteiger charge is -1.95. The predicted octanol–water partition coefficient (Wildman–Crippen LogP) is 0.231. The lowest BCUT2D eigenvalue weighted by Crippen LogP contribution is -2.33. The van der Waals surface area contributed by atoms with Gasteiger partial charge in [0.15, 0.2) is 5.52 Å². The fourth-order valence-corrected chi connectivity index (χ4v) is 1.73. The van der Waals surface area contributed by atoms with Crippen molar-refractivity contribution in [3.8, 4) is 5.82 Å². The van der Waals surface area contributed by atoms with Crippen LogP contribution in [0.4, 0.5) is 0 Å². The van der Waals surface area contributed by atoms with Gasteiger partial charge in [0.1, 0.15) is 12.4 Å². The molecular weight excluding hydrogens is 218 g/mol. The van der Waals surface area contributed by atoms with Gasteiger partial charge in [0.2, 0.25) is 0 Å². The van der Waals surface area contributed by atoms with E-state index in [1.165, 1.54) is 6.33 Å². The molecule has 0 amide bonds. The Morgan fingerprint density at radius 2 is 2.24 bits per heavy atom. The molecule has 3 aromatic heterocycles. The molecule has 0 radical (unpaired) electrons. The summed E-state index contributed by atoms with van der Waals surface area (Å²) in [4.78, 5) is 22.6. The molecule has 6 heteroatoms. The Hall–Kier alpha value is -2.50. The zero-order valence-corrected chi connectivity index (χ0v) is 9.14. The number of aryl methyl sites for hydroxylation is 1. The topological polar surface area (TPSA) is 78.3 Å². The van der Waals surface area contributed by atoms with Gasteiger partial charge < -0.3 is 4.98 Å². The number of hydrogen-bond donors (Lipinski definition) is 2. The van der Waals surface area contributed by atoms with E-state index in [0.29, 0.717) is 16.7 Å². The number of aromatic amines is 2. The van der Waals surface area contributed by atoms with Gasteiger partial charge in [-0.1, -0.05) is 0 Å². The van der Waals surface area contributed by atoms with E-state index in [1.807, 2.05) is 19.3 Å². The molecule has 0 atom stereocenters. The maximum absolute atomic E-state index is 11.6. The third kappa shape index (κ3) is 1.50. The molecule has 0 aliphatic heterocycles. The van der Waals surface area contributed by atoms with Crippen molar-refractivity contribution in [2.24, 2.45) is 0 Å². The minimum Gasteiger partial charge on any atom is -0.313 e. The van der Waals surface area contributed by atoms with E-state index < -0.39 is 0 Å². The van der Waals surface area contributed by atoms with Crippen molar-refractivity contribution in [3.63, 3.8) is 0 Å². The minimum absolute atomic E-state index is 0.164. The van der Waals surface area contributed by atoms with E-state index in [4.69, 9.17) is 0 Å². The summed E-state index contributed by atoms with van der Waals surface area (Å²) in [6.45, 7) is 1.97. The molecule has 0 saturated carbocycles. The number of pyridine rings is 1. The zero-order valence-electron chi connectivity index (χ0n) is 9.14. The minimum atomic E-state index is -0.164. The number of fused-ring (bicyclic) bond motifs is 1. The quantitative estimate of drug-likeness (QED) is 0.585. The van der Waals surface area contributed by atoms with Crippen LogP contribution < -0.4 is 10.2 Å². The van der Waals surface area contributed by atoms with Crippen LogP contribution in [0.5, 0.6) is 0 Å². The maximum Gasteiger partial charge on any atom is 0.373 e. The molecule has 3 aromatic rings. The summed E-state index contributed by atoms with van der Waals surface area (Å²) in [5.41, 5.74) is 1.49. The SMILES string of the molecule is Cc1c[nH][n+](-c2nccc3c(=O)[nH]cnc23)c1. The van der Waals surface area contributed by atoms with Crippen molar-refractivity contribution < 1.29 is 4.68 Å². The first kappa shape index (κ1) is 9.71. The average molecular weight is 228 g/mol. The molecule has 3 rings (SSSR count). The molecule has 17 heavy (non-hydrogen) atoms. The number of hydrogen-bond acceptors (Lipinski definition) is 3. The smallest absolute Gasteiger partial charge is 0.313 e. The summed E-state index contributed by atoms with van der Waals surface area (Å²) in [7, 11) is 0. The Kier molecular flexibility index (Phi) is 2.01. The summed E-state index contributed by atoms with van der Waals surface area (Å²) in [6.07, 6.45) is 6.72. The van der Waals surface area contributed by atoms with Crippen LogP contribution in [0.3, 0.4) is 0 Å². The van der Waals surface area contributed by atoms with Crippen LogP contribution in [0.1, 0.15) is 5.56 Å². The van der Waals surface area contributed by atoms with Crippen molar-refractivity contribution >= 4 is 10.9 Å². The highest BCUT2D eigenvalue weighted by atomic mass is 16.1. The fraction of sp³-hybridized carbons (Fsp3) is 0.0909. The lowest BCUT2D eigenvalue weighted by molar-refractivity contribution is -0.657. The number of nitrogens with zero attached hydrogens (tertiary/aromatic N) is 3. The molecule has 84 valence electrons. The maximum atomic E-state index is 11.6. The molecule has 0 aromatic carbocycles. The van der Waals surface area contributed by atoms with E-state index in [-0.39, 0.29) is 5.56 Å². The Bertz CT molecular complexity index is 743. The first-order chi connectivity index (χ1) is 8.25. The van der Waals surface area contributed by atoms with Gasteiger partial charge in [-0.25, -0.2) is 10.1 Å². The Morgan fingerprint density at radius 1 is 1.35 bits per heavy atom. The summed E-state index contributed by atoms with van der Waals surface area (Å²) in [5.74, 6) is 0.613. The first-order valence-electron chi connectivity index (χ1n) is 5.15. The van der Waals surface area contributed by atoms with Gasteiger partial charge in [-0.3, -0.25) is 4.79 Å². The van der Waals surface area contributed by atoms with Crippen molar-refractivity contribution in [1.82, 2.24) is 20.1 Å². The normalized spacial score (nSPS) is 10.9. The van der Waals surface area contributed by atoms with Gasteiger partial charge in [0.05, 0.1) is 11.7 Å². The molecular formula is C11H10N5O+. The first-order valence-corrected chi connectivity index (χ1v) is 5.15. The highest BCUT2D eigenvalue weighted by Gasteiger charge is 2.16. The van der Waals surface area contributed by atoms with E-state index >= 15 is 0 Å². The van der Waals surface area contributed by atoms with Crippen LogP contribution >= 0.6 is 0 Å². The summed E-state index contributed by atoms with van der Waals surface area (Å²) in [6, 6.07) is 1.65. The molecule has 0 aliphatic carbocycles. The van der Waals surface area contributed by atoms with Crippen LogP contribution in [-0.2, 0) is 0 Å². The number of rotatable bonds is 1. The summed E-state index contributed by atoms with van der Waals surface area (Å²) < 4.78 is 1.74. The second kappa shape index (κ2) is 3.51. The summed E-state index contributed by atoms with van der Waals surface area (Å²) in [5, 5.41) is 3.56. The molecule has 6 nitrogen and oxygen atoms in total. The number of nitrogens with one attached hydrogen (secondary N) is 2. The Labute approximate surface area is 96.0 Å². The van der Waals surface area contributed by atoms with E-state index in [0.717, 1.165) is 5.56 Å². The predicted molar refractivity (Wildman–Crippen MR) is 60.8 cm³/mol. The van der Waals surface area contributed by atoms with Crippen molar-refractivity contribution in [2.45, 2.75) is 6.92 Å². The molecule has 0 aliphatic rings. The van der Waals surface area contributed by atoms with Crippen LogP contribution in [0, 0.1) is 6.92 Å². The molecule has 2 N–H and O–H groups in total. The largest absolute Gasteiger partial charge is 0.373 e. The average Bonchev–Trinajstić information content (AvgIpc) is 2.76. The van der Waals surface area contributed by atoms with Crippen molar-refractivity contribution in [2.75, 3.05) is 0 Å². The van der Waals surface area contributed by atoms with Crippen LogP contribution in [-0.4, -0.2) is 20.1 Å². The highest BCUT2D eigenvalue weighted by Crippen LogP contribution is 2.08. The highest BCUT2D eigenvalue weighted by molar-refractivity contribution is 5.81. The molecule has 0 bridgehead atoms. The standard InChI is InChI=1S/C11H9N5O/c1-7-4-15-16(5-7)10-9-8(2-3-12-10)11(17)14-6-13-9/h2-6H,1H3,(H,13,14,17)/p+1. The summed E-state index contributed by atoms with van der Waals surface area (Å²) >= 11 is 0. The number of H-pyrrole nitrogens is 2. The van der Waals surface area contributed by atoms with Gasteiger partial charge in [-0.05, 0) is 18.0 Å². The van der Waals surface area contributed by atoms with Crippen LogP contribution in [0.25, 0.3) is 16.7 Å². The van der Waals surface area contributed by atoms with Crippen molar-refractivity contribution in [3.05, 3.63) is 46.9 Å². The van der Waals surface area contributed by atoms with Crippen LogP contribution in [0.2, 0.25) is 0 Å². The van der Waals surface area contributed by atoms with Gasteiger partial charge in [-0.15, -0.1) is 4.68 Å². The second-order valence-corrected chi connectivity index (χ2v) is 3.78. The Morgan fingerprint density at radius 3 is 3.00 bits per heavy atom. The zero-order chi connectivity index (χ0) is 11.8. The monoisotopic (exact) mass is 228 g/mol.